The van der Waals surface area contributed by atoms with E-state index >= 15 is 0 Å². The maximum absolute atomic E-state index is 12.7. The van der Waals surface area contributed by atoms with Gasteiger partial charge in [0.1, 0.15) is 6.17 Å². The van der Waals surface area contributed by atoms with Crippen molar-refractivity contribution >= 4 is 5.91 Å². The Balaban J connectivity index is 2.52. The molecule has 3 nitrogen and oxygen atoms in total. The molecule has 0 radical (unpaired) electrons. The second kappa shape index (κ2) is 3.17. The second-order valence-corrected chi connectivity index (χ2v) is 2.93. The van der Waals surface area contributed by atoms with Crippen LogP contribution in [0.25, 0.3) is 0 Å². The third kappa shape index (κ3) is 1.68. The first kappa shape index (κ1) is 8.46. The standard InChI is InChI=1S/C7H13FN2O/c1-5-2-6(8)4-10(5)7(11)3-9/h5-6H,2-4,9H2,1H3/t5-,6+/m1/s1. The van der Waals surface area contributed by atoms with Gasteiger partial charge in [-0.1, -0.05) is 0 Å². The molecular weight excluding hydrogens is 147 g/mol. The molecule has 64 valence electrons. The molecule has 2 atom stereocenters. The second-order valence-electron chi connectivity index (χ2n) is 2.93. The van der Waals surface area contributed by atoms with Crippen molar-refractivity contribution in [1.29, 1.82) is 0 Å². The average molecular weight is 160 g/mol. The Morgan fingerprint density at radius 3 is 2.82 bits per heavy atom. The zero-order chi connectivity index (χ0) is 8.43. The number of halogens is 1. The summed E-state index contributed by atoms with van der Waals surface area (Å²) in [5, 5.41) is 0. The van der Waals surface area contributed by atoms with Crippen LogP contribution in [0.5, 0.6) is 0 Å². The maximum Gasteiger partial charge on any atom is 0.236 e. The zero-order valence-electron chi connectivity index (χ0n) is 6.59. The molecule has 0 unspecified atom stereocenters. The van der Waals surface area contributed by atoms with Gasteiger partial charge in [-0.05, 0) is 6.92 Å². The Morgan fingerprint density at radius 1 is 1.82 bits per heavy atom. The van der Waals surface area contributed by atoms with Crippen molar-refractivity contribution in [2.75, 3.05) is 13.1 Å². The number of amides is 1. The number of carbonyl (C=O) groups excluding carboxylic acids is 1. The van der Waals surface area contributed by atoms with Gasteiger partial charge >= 0.3 is 0 Å². The van der Waals surface area contributed by atoms with E-state index in [0.29, 0.717) is 6.42 Å². The topological polar surface area (TPSA) is 46.3 Å². The molecule has 0 spiro atoms. The van der Waals surface area contributed by atoms with E-state index in [9.17, 15) is 9.18 Å². The van der Waals surface area contributed by atoms with E-state index in [0.717, 1.165) is 0 Å². The van der Waals surface area contributed by atoms with Crippen LogP contribution >= 0.6 is 0 Å². The van der Waals surface area contributed by atoms with Gasteiger partial charge in [0.2, 0.25) is 5.91 Å². The minimum atomic E-state index is -0.861. The van der Waals surface area contributed by atoms with Crippen LogP contribution in [0.2, 0.25) is 0 Å². The molecule has 0 bridgehead atoms. The normalized spacial score (nSPS) is 31.0. The van der Waals surface area contributed by atoms with E-state index in [2.05, 4.69) is 0 Å². The van der Waals surface area contributed by atoms with Gasteiger partial charge in [-0.2, -0.15) is 0 Å². The molecule has 1 saturated heterocycles. The van der Waals surface area contributed by atoms with Crippen molar-refractivity contribution in [1.82, 2.24) is 4.90 Å². The fourth-order valence-electron chi connectivity index (χ4n) is 1.43. The Kier molecular flexibility index (Phi) is 2.44. The molecule has 0 saturated carbocycles. The van der Waals surface area contributed by atoms with Crippen LogP contribution in [0.3, 0.4) is 0 Å². The highest BCUT2D eigenvalue weighted by atomic mass is 19.1. The van der Waals surface area contributed by atoms with Crippen LogP contribution in [0.15, 0.2) is 0 Å². The highest BCUT2D eigenvalue weighted by Crippen LogP contribution is 2.19. The lowest BCUT2D eigenvalue weighted by Gasteiger charge is -2.19. The van der Waals surface area contributed by atoms with Gasteiger partial charge < -0.3 is 10.6 Å². The van der Waals surface area contributed by atoms with Gasteiger partial charge in [0, 0.05) is 12.5 Å². The third-order valence-electron chi connectivity index (χ3n) is 2.02. The Hall–Kier alpha value is -0.640. The summed E-state index contributed by atoms with van der Waals surface area (Å²) in [5.74, 6) is -0.155. The fourth-order valence-corrected chi connectivity index (χ4v) is 1.43. The minimum Gasteiger partial charge on any atom is -0.336 e. The average Bonchev–Trinajstić information content (AvgIpc) is 2.28. The Bertz CT molecular complexity index is 163. The highest BCUT2D eigenvalue weighted by Gasteiger charge is 2.31. The van der Waals surface area contributed by atoms with Crippen molar-refractivity contribution < 1.29 is 9.18 Å². The number of alkyl halides is 1. The summed E-state index contributed by atoms with van der Waals surface area (Å²) < 4.78 is 12.7. The molecule has 1 rings (SSSR count). The summed E-state index contributed by atoms with van der Waals surface area (Å²) in [4.78, 5) is 12.5. The summed E-state index contributed by atoms with van der Waals surface area (Å²) in [6.07, 6.45) is -0.411. The Morgan fingerprint density at radius 2 is 2.45 bits per heavy atom. The van der Waals surface area contributed by atoms with Gasteiger partial charge in [0.05, 0.1) is 13.1 Å². The van der Waals surface area contributed by atoms with E-state index in [4.69, 9.17) is 5.73 Å². The molecule has 4 heteroatoms. The van der Waals surface area contributed by atoms with E-state index < -0.39 is 6.17 Å². The molecule has 0 aliphatic carbocycles. The first-order valence-electron chi connectivity index (χ1n) is 3.78. The van der Waals surface area contributed by atoms with Crippen LogP contribution in [-0.4, -0.2) is 36.1 Å². The number of hydrogen-bond acceptors (Lipinski definition) is 2. The van der Waals surface area contributed by atoms with Crippen molar-refractivity contribution in [3.8, 4) is 0 Å². The summed E-state index contributed by atoms with van der Waals surface area (Å²) in [5.41, 5.74) is 5.15. The lowest BCUT2D eigenvalue weighted by Crippen LogP contribution is -2.38. The van der Waals surface area contributed by atoms with Crippen LogP contribution in [0.4, 0.5) is 4.39 Å². The number of nitrogens with zero attached hydrogens (tertiary/aromatic N) is 1. The molecule has 0 aromatic carbocycles. The molecule has 1 heterocycles. The van der Waals surface area contributed by atoms with Crippen LogP contribution in [-0.2, 0) is 4.79 Å². The maximum atomic E-state index is 12.7. The number of hydrogen-bond donors (Lipinski definition) is 1. The zero-order valence-corrected chi connectivity index (χ0v) is 6.59. The van der Waals surface area contributed by atoms with Crippen LogP contribution in [0, 0.1) is 0 Å². The quantitative estimate of drug-likeness (QED) is 0.582. The first-order chi connectivity index (χ1) is 5.15. The summed E-state index contributed by atoms with van der Waals surface area (Å²) >= 11 is 0. The molecule has 0 aromatic heterocycles. The molecule has 1 amide bonds. The summed E-state index contributed by atoms with van der Waals surface area (Å²) in [6.45, 7) is 2.04. The molecule has 1 aliphatic rings. The molecule has 11 heavy (non-hydrogen) atoms. The molecular formula is C7H13FN2O. The van der Waals surface area contributed by atoms with Crippen molar-refractivity contribution in [2.45, 2.75) is 25.6 Å². The van der Waals surface area contributed by atoms with Crippen molar-refractivity contribution in [2.24, 2.45) is 5.73 Å². The number of likely N-dealkylation sites (tertiary alicyclic amines) is 1. The molecule has 0 aromatic rings. The predicted octanol–water partition coefficient (Wildman–Crippen LogP) is -0.0960. The first-order valence-corrected chi connectivity index (χ1v) is 3.78. The van der Waals surface area contributed by atoms with Crippen molar-refractivity contribution in [3.63, 3.8) is 0 Å². The number of nitrogens with two attached hydrogens (primary N) is 1. The van der Waals surface area contributed by atoms with Gasteiger partial charge in [-0.15, -0.1) is 0 Å². The van der Waals surface area contributed by atoms with Gasteiger partial charge in [-0.25, -0.2) is 4.39 Å². The lowest BCUT2D eigenvalue weighted by molar-refractivity contribution is -0.130. The summed E-state index contributed by atoms with van der Waals surface area (Å²) in [7, 11) is 0. The summed E-state index contributed by atoms with van der Waals surface area (Å²) in [6, 6.07) is 0.0149. The van der Waals surface area contributed by atoms with Crippen LogP contribution in [0.1, 0.15) is 13.3 Å². The molecule has 1 aliphatic heterocycles. The third-order valence-corrected chi connectivity index (χ3v) is 2.02. The van der Waals surface area contributed by atoms with E-state index in [1.54, 1.807) is 0 Å². The molecule has 1 fully saturated rings. The number of carbonyl (C=O) groups is 1. The van der Waals surface area contributed by atoms with E-state index in [1.807, 2.05) is 6.92 Å². The lowest BCUT2D eigenvalue weighted by atomic mass is 10.2. The monoisotopic (exact) mass is 160 g/mol. The van der Waals surface area contributed by atoms with E-state index in [1.165, 1.54) is 4.90 Å². The van der Waals surface area contributed by atoms with Gasteiger partial charge in [-0.3, -0.25) is 4.79 Å². The minimum absolute atomic E-state index is 0.0149. The van der Waals surface area contributed by atoms with Gasteiger partial charge in [0.15, 0.2) is 0 Å². The fraction of sp³-hybridized carbons (Fsp3) is 0.857. The SMILES string of the molecule is C[C@@H]1C[C@H](F)CN1C(=O)CN. The Labute approximate surface area is 65.3 Å². The largest absolute Gasteiger partial charge is 0.336 e. The molecule has 2 N–H and O–H groups in total. The number of rotatable bonds is 1. The van der Waals surface area contributed by atoms with Crippen LogP contribution < -0.4 is 5.73 Å². The van der Waals surface area contributed by atoms with Gasteiger partial charge in [0.25, 0.3) is 0 Å². The highest BCUT2D eigenvalue weighted by molar-refractivity contribution is 5.78. The van der Waals surface area contributed by atoms with E-state index in [-0.39, 0.29) is 25.0 Å². The smallest absolute Gasteiger partial charge is 0.236 e. The predicted molar refractivity (Wildman–Crippen MR) is 39.7 cm³/mol. The van der Waals surface area contributed by atoms with Crippen molar-refractivity contribution in [3.05, 3.63) is 0 Å².